The Kier molecular flexibility index (Phi) is 6.62. The molecular formula is C13H25N3O3. The number of nitrogens with one attached hydrogen (secondary N) is 2. The SMILES string of the molecule is COCCNC(=O)C(C)NC(=O)N1CCC(C)CC1. The highest BCUT2D eigenvalue weighted by Gasteiger charge is 2.23. The van der Waals surface area contributed by atoms with Crippen LogP contribution in [0.1, 0.15) is 26.7 Å². The Hall–Kier alpha value is -1.30. The number of ether oxygens (including phenoxy) is 1. The number of hydrogen-bond donors (Lipinski definition) is 2. The van der Waals surface area contributed by atoms with E-state index in [1.165, 1.54) is 0 Å². The van der Waals surface area contributed by atoms with Gasteiger partial charge in [-0.05, 0) is 25.7 Å². The van der Waals surface area contributed by atoms with Gasteiger partial charge in [-0.1, -0.05) is 6.92 Å². The monoisotopic (exact) mass is 271 g/mol. The fraction of sp³-hybridized carbons (Fsp3) is 0.846. The van der Waals surface area contributed by atoms with Gasteiger partial charge < -0.3 is 20.3 Å². The van der Waals surface area contributed by atoms with Gasteiger partial charge in [0.2, 0.25) is 5.91 Å². The van der Waals surface area contributed by atoms with Gasteiger partial charge in [-0.3, -0.25) is 4.79 Å². The lowest BCUT2D eigenvalue weighted by Crippen LogP contribution is -2.51. The van der Waals surface area contributed by atoms with Crippen molar-refractivity contribution in [2.45, 2.75) is 32.7 Å². The summed E-state index contributed by atoms with van der Waals surface area (Å²) in [7, 11) is 1.58. The molecule has 0 aromatic carbocycles. The van der Waals surface area contributed by atoms with Crippen molar-refractivity contribution in [3.8, 4) is 0 Å². The van der Waals surface area contributed by atoms with Crippen LogP contribution in [0.4, 0.5) is 4.79 Å². The van der Waals surface area contributed by atoms with E-state index in [4.69, 9.17) is 4.74 Å². The zero-order valence-corrected chi connectivity index (χ0v) is 12.1. The van der Waals surface area contributed by atoms with E-state index in [-0.39, 0.29) is 11.9 Å². The number of likely N-dealkylation sites (tertiary alicyclic amines) is 1. The normalized spacial score (nSPS) is 17.9. The molecule has 1 atom stereocenters. The number of carbonyl (C=O) groups is 2. The molecule has 0 aromatic heterocycles. The number of piperidine rings is 1. The number of carbonyl (C=O) groups excluding carboxylic acids is 2. The summed E-state index contributed by atoms with van der Waals surface area (Å²) in [5.41, 5.74) is 0. The van der Waals surface area contributed by atoms with E-state index in [0.29, 0.717) is 19.1 Å². The van der Waals surface area contributed by atoms with Gasteiger partial charge in [0.1, 0.15) is 6.04 Å². The Morgan fingerprint density at radius 3 is 2.58 bits per heavy atom. The maximum Gasteiger partial charge on any atom is 0.318 e. The molecule has 1 heterocycles. The van der Waals surface area contributed by atoms with E-state index in [0.717, 1.165) is 25.9 Å². The minimum Gasteiger partial charge on any atom is -0.383 e. The molecule has 0 bridgehead atoms. The Labute approximate surface area is 114 Å². The highest BCUT2D eigenvalue weighted by atomic mass is 16.5. The lowest BCUT2D eigenvalue weighted by Gasteiger charge is -2.31. The van der Waals surface area contributed by atoms with Gasteiger partial charge in [0, 0.05) is 26.7 Å². The highest BCUT2D eigenvalue weighted by Crippen LogP contribution is 2.15. The fourth-order valence-corrected chi connectivity index (χ4v) is 1.98. The van der Waals surface area contributed by atoms with E-state index < -0.39 is 6.04 Å². The Morgan fingerprint density at radius 2 is 2.00 bits per heavy atom. The minimum atomic E-state index is -0.524. The average molecular weight is 271 g/mol. The number of hydrogen-bond acceptors (Lipinski definition) is 3. The summed E-state index contributed by atoms with van der Waals surface area (Å²) in [4.78, 5) is 25.4. The molecule has 3 amide bonds. The smallest absolute Gasteiger partial charge is 0.318 e. The summed E-state index contributed by atoms with van der Waals surface area (Å²) in [6, 6.07) is -0.676. The first-order valence-corrected chi connectivity index (χ1v) is 6.86. The summed E-state index contributed by atoms with van der Waals surface area (Å²) in [5.74, 6) is 0.495. The standard InChI is InChI=1S/C13H25N3O3/c1-10-4-7-16(8-5-10)13(18)15-11(2)12(17)14-6-9-19-3/h10-11H,4-9H2,1-3H3,(H,14,17)(H,15,18). The molecule has 1 fully saturated rings. The van der Waals surface area contributed by atoms with Gasteiger partial charge in [-0.25, -0.2) is 4.79 Å². The largest absolute Gasteiger partial charge is 0.383 e. The van der Waals surface area contributed by atoms with Crippen LogP contribution in [0.25, 0.3) is 0 Å². The van der Waals surface area contributed by atoms with Gasteiger partial charge in [0.25, 0.3) is 0 Å². The molecule has 1 rings (SSSR count). The quantitative estimate of drug-likeness (QED) is 0.719. The second-order valence-electron chi connectivity index (χ2n) is 5.12. The highest BCUT2D eigenvalue weighted by molar-refractivity contribution is 5.86. The molecule has 0 radical (unpaired) electrons. The summed E-state index contributed by atoms with van der Waals surface area (Å²) < 4.78 is 4.85. The molecule has 2 N–H and O–H groups in total. The maximum absolute atomic E-state index is 12.0. The number of rotatable bonds is 5. The molecular weight excluding hydrogens is 246 g/mol. The first-order valence-electron chi connectivity index (χ1n) is 6.86. The molecule has 110 valence electrons. The van der Waals surface area contributed by atoms with Crippen molar-refractivity contribution in [2.24, 2.45) is 5.92 Å². The van der Waals surface area contributed by atoms with Crippen molar-refractivity contribution in [1.29, 1.82) is 0 Å². The van der Waals surface area contributed by atoms with Crippen LogP contribution in [0.2, 0.25) is 0 Å². The topological polar surface area (TPSA) is 70.7 Å². The van der Waals surface area contributed by atoms with Crippen LogP contribution in [0, 0.1) is 5.92 Å². The fourth-order valence-electron chi connectivity index (χ4n) is 1.98. The Bertz CT molecular complexity index is 302. The molecule has 0 spiro atoms. The molecule has 1 unspecified atom stereocenters. The van der Waals surface area contributed by atoms with Gasteiger partial charge in [0.15, 0.2) is 0 Å². The first-order chi connectivity index (χ1) is 9.04. The summed E-state index contributed by atoms with van der Waals surface area (Å²) in [6.07, 6.45) is 2.06. The zero-order chi connectivity index (χ0) is 14.3. The van der Waals surface area contributed by atoms with Gasteiger partial charge in [0.05, 0.1) is 6.61 Å². The predicted molar refractivity (Wildman–Crippen MR) is 72.9 cm³/mol. The number of amides is 3. The predicted octanol–water partition coefficient (Wildman–Crippen LogP) is 0.579. The van der Waals surface area contributed by atoms with E-state index in [1.807, 2.05) is 0 Å². The van der Waals surface area contributed by atoms with E-state index in [2.05, 4.69) is 17.6 Å². The van der Waals surface area contributed by atoms with Crippen molar-refractivity contribution in [3.05, 3.63) is 0 Å². The molecule has 0 aromatic rings. The van der Waals surface area contributed by atoms with Gasteiger partial charge >= 0.3 is 6.03 Å². The molecule has 19 heavy (non-hydrogen) atoms. The zero-order valence-electron chi connectivity index (χ0n) is 12.1. The second kappa shape index (κ2) is 7.99. The minimum absolute atomic E-state index is 0.152. The van der Waals surface area contributed by atoms with Crippen LogP contribution >= 0.6 is 0 Å². The number of nitrogens with zero attached hydrogens (tertiary/aromatic N) is 1. The van der Waals surface area contributed by atoms with E-state index >= 15 is 0 Å². The van der Waals surface area contributed by atoms with E-state index in [9.17, 15) is 9.59 Å². The van der Waals surface area contributed by atoms with Crippen LogP contribution in [0.5, 0.6) is 0 Å². The van der Waals surface area contributed by atoms with Crippen LogP contribution in [0.15, 0.2) is 0 Å². The molecule has 1 saturated heterocycles. The summed E-state index contributed by atoms with van der Waals surface area (Å²) >= 11 is 0. The molecule has 1 aliphatic heterocycles. The third kappa shape index (κ3) is 5.46. The lowest BCUT2D eigenvalue weighted by atomic mass is 10.00. The first kappa shape index (κ1) is 15.8. The van der Waals surface area contributed by atoms with Crippen LogP contribution in [0.3, 0.4) is 0 Å². The summed E-state index contributed by atoms with van der Waals surface area (Å²) in [6.45, 7) is 6.34. The maximum atomic E-state index is 12.0. The van der Waals surface area contributed by atoms with Crippen molar-refractivity contribution < 1.29 is 14.3 Å². The van der Waals surface area contributed by atoms with Crippen molar-refractivity contribution in [1.82, 2.24) is 15.5 Å². The van der Waals surface area contributed by atoms with Crippen LogP contribution in [-0.4, -0.2) is 56.2 Å². The van der Waals surface area contributed by atoms with Crippen molar-refractivity contribution in [2.75, 3.05) is 33.4 Å². The van der Waals surface area contributed by atoms with Crippen molar-refractivity contribution in [3.63, 3.8) is 0 Å². The Balaban J connectivity index is 2.28. The van der Waals surface area contributed by atoms with Gasteiger partial charge in [-0.15, -0.1) is 0 Å². The Morgan fingerprint density at radius 1 is 1.37 bits per heavy atom. The summed E-state index contributed by atoms with van der Waals surface area (Å²) in [5, 5.41) is 5.43. The van der Waals surface area contributed by atoms with Crippen LogP contribution in [-0.2, 0) is 9.53 Å². The number of urea groups is 1. The van der Waals surface area contributed by atoms with Crippen LogP contribution < -0.4 is 10.6 Å². The molecule has 6 heteroatoms. The number of methoxy groups -OCH3 is 1. The van der Waals surface area contributed by atoms with E-state index in [1.54, 1.807) is 18.9 Å². The molecule has 0 aliphatic carbocycles. The molecule has 6 nitrogen and oxygen atoms in total. The second-order valence-corrected chi connectivity index (χ2v) is 5.12. The third-order valence-corrected chi connectivity index (χ3v) is 3.41. The lowest BCUT2D eigenvalue weighted by molar-refractivity contribution is -0.122. The van der Waals surface area contributed by atoms with Crippen molar-refractivity contribution >= 4 is 11.9 Å². The molecule has 0 saturated carbocycles. The molecule has 1 aliphatic rings. The average Bonchev–Trinajstić information content (AvgIpc) is 2.39. The van der Waals surface area contributed by atoms with Gasteiger partial charge in [-0.2, -0.15) is 0 Å². The third-order valence-electron chi connectivity index (χ3n) is 3.41.